The van der Waals surface area contributed by atoms with E-state index in [0.29, 0.717) is 35.1 Å². The predicted molar refractivity (Wildman–Crippen MR) is 146 cm³/mol. The summed E-state index contributed by atoms with van der Waals surface area (Å²) >= 11 is 0. The zero-order valence-corrected chi connectivity index (χ0v) is 21.8. The average Bonchev–Trinajstić information content (AvgIpc) is 2.91. The fourth-order valence-corrected chi connectivity index (χ4v) is 5.39. The van der Waals surface area contributed by atoms with Crippen molar-refractivity contribution in [1.82, 2.24) is 4.90 Å². The van der Waals surface area contributed by atoms with Crippen molar-refractivity contribution < 1.29 is 19.8 Å². The Morgan fingerprint density at radius 3 is 2.08 bits per heavy atom. The lowest BCUT2D eigenvalue weighted by Gasteiger charge is -2.36. The first-order valence-corrected chi connectivity index (χ1v) is 13.2. The van der Waals surface area contributed by atoms with Gasteiger partial charge in [-0.15, -0.1) is 0 Å². The molecule has 1 atom stereocenters. The second kappa shape index (κ2) is 11.7. The van der Waals surface area contributed by atoms with E-state index < -0.39 is 11.4 Å². The van der Waals surface area contributed by atoms with Crippen LogP contribution in [0.5, 0.6) is 5.75 Å². The maximum Gasteiger partial charge on any atom is 0.313 e. The molecule has 1 heterocycles. The second-order valence-corrected chi connectivity index (χ2v) is 10.7. The number of hydrogen-bond acceptors (Lipinski definition) is 4. The van der Waals surface area contributed by atoms with Crippen LogP contribution in [-0.2, 0) is 10.2 Å². The van der Waals surface area contributed by atoms with Crippen LogP contribution in [0, 0.1) is 5.92 Å². The third-order valence-corrected chi connectivity index (χ3v) is 7.86. The van der Waals surface area contributed by atoms with Gasteiger partial charge in [0.1, 0.15) is 5.75 Å². The number of benzene rings is 3. The first-order valence-electron chi connectivity index (χ1n) is 13.2. The zero-order chi connectivity index (χ0) is 26.4. The topological polar surface area (TPSA) is 77.8 Å². The predicted octanol–water partition coefficient (Wildman–Crippen LogP) is 6.26. The van der Waals surface area contributed by atoms with Crippen molar-refractivity contribution in [2.75, 3.05) is 19.6 Å². The number of rotatable bonds is 10. The molecular weight excluding hydrogens is 462 g/mol. The normalized spacial score (nSPS) is 15.8. The Balaban J connectivity index is 1.29. The first kappa shape index (κ1) is 26.6. The summed E-state index contributed by atoms with van der Waals surface area (Å²) in [6.45, 7) is 6.26. The summed E-state index contributed by atoms with van der Waals surface area (Å²) in [7, 11) is 0. The maximum absolute atomic E-state index is 12.7. The minimum Gasteiger partial charge on any atom is -0.508 e. The molecule has 2 N–H and O–H groups in total. The fraction of sp³-hybridized carbons (Fsp3) is 0.375. The summed E-state index contributed by atoms with van der Waals surface area (Å²) in [5, 5.41) is 19.2. The van der Waals surface area contributed by atoms with E-state index in [9.17, 15) is 19.8 Å². The number of carboxylic acid groups (broad SMARTS) is 1. The van der Waals surface area contributed by atoms with Crippen molar-refractivity contribution in [3.8, 4) is 5.75 Å². The number of aliphatic carboxylic acids is 1. The molecule has 0 radical (unpaired) electrons. The Kier molecular flexibility index (Phi) is 8.45. The van der Waals surface area contributed by atoms with Crippen molar-refractivity contribution in [1.29, 1.82) is 0 Å². The molecule has 3 aromatic rings. The number of phenolic OH excluding ortho intramolecular Hbond substituents is 1. The van der Waals surface area contributed by atoms with Gasteiger partial charge in [0, 0.05) is 17.9 Å². The standard InChI is InChI=1S/C32H37NO4/c1-32(2,31(36)37)27-14-10-23(11-15-27)29(35)9-6-20-33-21-18-26(19-22-33)30(24-7-4-3-5-8-24)25-12-16-28(34)17-13-25/h3-5,7-8,10-17,26,30,34H,6,9,18-22H2,1-2H3,(H,36,37)/t30-/m0/s1. The highest BCUT2D eigenvalue weighted by molar-refractivity contribution is 5.96. The molecule has 5 nitrogen and oxygen atoms in total. The van der Waals surface area contributed by atoms with Crippen molar-refractivity contribution in [2.45, 2.75) is 50.9 Å². The fourth-order valence-electron chi connectivity index (χ4n) is 5.39. The van der Waals surface area contributed by atoms with Gasteiger partial charge in [0.05, 0.1) is 5.41 Å². The molecule has 3 aromatic carbocycles. The summed E-state index contributed by atoms with van der Waals surface area (Å²) in [5.41, 5.74) is 2.92. The quantitative estimate of drug-likeness (QED) is 0.322. The monoisotopic (exact) mass is 499 g/mol. The zero-order valence-electron chi connectivity index (χ0n) is 21.8. The number of carbonyl (C=O) groups is 2. The summed E-state index contributed by atoms with van der Waals surface area (Å²) in [6, 6.07) is 25.3. The molecular formula is C32H37NO4. The second-order valence-electron chi connectivity index (χ2n) is 10.7. The SMILES string of the molecule is CC(C)(C(=O)O)c1ccc(C(=O)CCCN2CCC([C@@H](c3ccccc3)c3ccc(O)cc3)CC2)cc1. The van der Waals surface area contributed by atoms with Gasteiger partial charge in [0.25, 0.3) is 0 Å². The van der Waals surface area contributed by atoms with Gasteiger partial charge >= 0.3 is 5.97 Å². The van der Waals surface area contributed by atoms with Gasteiger partial charge in [-0.05, 0) is 87.5 Å². The largest absolute Gasteiger partial charge is 0.508 e. The molecule has 1 aliphatic rings. The molecule has 37 heavy (non-hydrogen) atoms. The van der Waals surface area contributed by atoms with E-state index in [0.717, 1.165) is 38.9 Å². The van der Waals surface area contributed by atoms with Gasteiger partial charge in [-0.25, -0.2) is 0 Å². The molecule has 0 spiro atoms. The highest BCUT2D eigenvalue weighted by atomic mass is 16.4. The minimum atomic E-state index is -0.977. The highest BCUT2D eigenvalue weighted by Crippen LogP contribution is 2.38. The van der Waals surface area contributed by atoms with E-state index in [1.165, 1.54) is 11.1 Å². The molecule has 5 heteroatoms. The van der Waals surface area contributed by atoms with Crippen LogP contribution in [0.15, 0.2) is 78.9 Å². The van der Waals surface area contributed by atoms with Crippen LogP contribution >= 0.6 is 0 Å². The molecule has 0 aromatic heterocycles. The Labute approximate surface area is 219 Å². The summed E-state index contributed by atoms with van der Waals surface area (Å²) in [6.07, 6.45) is 3.48. The van der Waals surface area contributed by atoms with E-state index in [-0.39, 0.29) is 5.78 Å². The number of Topliss-reactive ketones (excluding diaryl/α,β-unsaturated/α-hetero) is 1. The third-order valence-electron chi connectivity index (χ3n) is 7.86. The maximum atomic E-state index is 12.7. The smallest absolute Gasteiger partial charge is 0.313 e. The Hall–Kier alpha value is -3.44. The van der Waals surface area contributed by atoms with E-state index >= 15 is 0 Å². The molecule has 1 saturated heterocycles. The average molecular weight is 500 g/mol. The summed E-state index contributed by atoms with van der Waals surface area (Å²) in [5.74, 6) is 0.345. The first-order chi connectivity index (χ1) is 17.8. The molecule has 0 amide bonds. The van der Waals surface area contributed by atoms with Crippen LogP contribution in [0.3, 0.4) is 0 Å². The highest BCUT2D eigenvalue weighted by Gasteiger charge is 2.30. The number of carboxylic acids is 1. The van der Waals surface area contributed by atoms with Crippen LogP contribution in [0.4, 0.5) is 0 Å². The minimum absolute atomic E-state index is 0.103. The lowest BCUT2D eigenvalue weighted by molar-refractivity contribution is -0.142. The lowest BCUT2D eigenvalue weighted by Crippen LogP contribution is -2.36. The molecule has 0 aliphatic carbocycles. The number of hydrogen-bond donors (Lipinski definition) is 2. The van der Waals surface area contributed by atoms with Gasteiger partial charge in [0.15, 0.2) is 5.78 Å². The lowest BCUT2D eigenvalue weighted by atomic mass is 9.76. The molecule has 194 valence electrons. The number of ketones is 1. The van der Waals surface area contributed by atoms with Crippen LogP contribution in [-0.4, -0.2) is 46.5 Å². The van der Waals surface area contributed by atoms with E-state index in [4.69, 9.17) is 0 Å². The van der Waals surface area contributed by atoms with Gasteiger partial charge in [-0.1, -0.05) is 66.7 Å². The van der Waals surface area contributed by atoms with Gasteiger partial charge < -0.3 is 15.1 Å². The van der Waals surface area contributed by atoms with E-state index in [1.807, 2.05) is 18.2 Å². The van der Waals surface area contributed by atoms with Crippen molar-refractivity contribution in [2.24, 2.45) is 5.92 Å². The van der Waals surface area contributed by atoms with Crippen LogP contribution in [0.25, 0.3) is 0 Å². The van der Waals surface area contributed by atoms with Crippen LogP contribution < -0.4 is 0 Å². The number of likely N-dealkylation sites (tertiary alicyclic amines) is 1. The Morgan fingerprint density at radius 1 is 0.892 bits per heavy atom. The van der Waals surface area contributed by atoms with E-state index in [2.05, 4.69) is 29.2 Å². The Bertz CT molecular complexity index is 1180. The molecule has 0 bridgehead atoms. The van der Waals surface area contributed by atoms with Crippen molar-refractivity contribution in [3.63, 3.8) is 0 Å². The van der Waals surface area contributed by atoms with Crippen LogP contribution in [0.1, 0.15) is 72.5 Å². The summed E-state index contributed by atoms with van der Waals surface area (Å²) < 4.78 is 0. The number of aromatic hydroxyl groups is 1. The molecule has 4 rings (SSSR count). The number of nitrogens with zero attached hydrogens (tertiary/aromatic N) is 1. The molecule has 1 fully saturated rings. The van der Waals surface area contributed by atoms with E-state index in [1.54, 1.807) is 50.2 Å². The molecule has 0 unspecified atom stereocenters. The summed E-state index contributed by atoms with van der Waals surface area (Å²) in [4.78, 5) is 26.6. The number of phenols is 1. The van der Waals surface area contributed by atoms with Crippen LogP contribution in [0.2, 0.25) is 0 Å². The van der Waals surface area contributed by atoms with Crippen molar-refractivity contribution >= 4 is 11.8 Å². The van der Waals surface area contributed by atoms with Gasteiger partial charge in [-0.2, -0.15) is 0 Å². The number of carbonyl (C=O) groups excluding carboxylic acids is 1. The number of piperidine rings is 1. The molecule has 0 saturated carbocycles. The Morgan fingerprint density at radius 2 is 1.49 bits per heavy atom. The van der Waals surface area contributed by atoms with Gasteiger partial charge in [-0.3, -0.25) is 9.59 Å². The van der Waals surface area contributed by atoms with Crippen molar-refractivity contribution in [3.05, 3.63) is 101 Å². The molecule has 1 aliphatic heterocycles. The van der Waals surface area contributed by atoms with Gasteiger partial charge in [0.2, 0.25) is 0 Å². The third kappa shape index (κ3) is 6.47.